The topological polar surface area (TPSA) is 43.9 Å². The zero-order valence-corrected chi connectivity index (χ0v) is 15.0. The van der Waals surface area contributed by atoms with Crippen molar-refractivity contribution in [2.75, 3.05) is 0 Å². The van der Waals surface area contributed by atoms with Crippen LogP contribution in [0, 0.1) is 19.1 Å². The lowest BCUT2D eigenvalue weighted by Crippen LogP contribution is -2.17. The van der Waals surface area contributed by atoms with Crippen molar-refractivity contribution in [2.45, 2.75) is 20.4 Å². The van der Waals surface area contributed by atoms with Crippen LogP contribution in [-0.4, -0.2) is 20.0 Å². The minimum Gasteiger partial charge on any atom is -0.623 e. The van der Waals surface area contributed by atoms with Crippen LogP contribution in [0.4, 0.5) is 0 Å². The zero-order chi connectivity index (χ0) is 16.8. The van der Waals surface area contributed by atoms with Gasteiger partial charge in [0.1, 0.15) is 0 Å². The van der Waals surface area contributed by atoms with E-state index in [-0.39, 0.29) is 6.54 Å². The molecule has 0 saturated carbocycles. The predicted molar refractivity (Wildman–Crippen MR) is 97.7 cm³/mol. The fourth-order valence-electron chi connectivity index (χ4n) is 3.24. The Morgan fingerprint density at radius 2 is 1.88 bits per heavy atom. The molecule has 0 N–H and O–H groups in total. The zero-order valence-electron chi connectivity index (χ0n) is 13.5. The fraction of sp³-hybridized carbons (Fsp3) is 0.158. The van der Waals surface area contributed by atoms with Gasteiger partial charge in [-0.15, -0.1) is 0 Å². The third-order valence-corrected chi connectivity index (χ3v) is 4.94. The van der Waals surface area contributed by atoms with E-state index < -0.39 is 0 Å². The molecule has 0 fully saturated rings. The summed E-state index contributed by atoms with van der Waals surface area (Å²) in [6, 6.07) is 15.8. The van der Waals surface area contributed by atoms with E-state index in [1.807, 2.05) is 62.4 Å². The lowest BCUT2D eigenvalue weighted by Gasteiger charge is -2.12. The Labute approximate surface area is 148 Å². The summed E-state index contributed by atoms with van der Waals surface area (Å²) in [5.41, 5.74) is 5.50. The number of imidazole rings is 1. The molecule has 0 spiro atoms. The van der Waals surface area contributed by atoms with Crippen LogP contribution in [0.3, 0.4) is 0 Å². The van der Waals surface area contributed by atoms with Crippen molar-refractivity contribution in [1.82, 2.24) is 9.55 Å². The Kier molecular flexibility index (Phi) is 3.53. The van der Waals surface area contributed by atoms with Crippen molar-refractivity contribution in [1.29, 1.82) is 0 Å². The van der Waals surface area contributed by atoms with E-state index >= 15 is 0 Å². The number of benzene rings is 2. The van der Waals surface area contributed by atoms with Gasteiger partial charge in [0, 0.05) is 15.7 Å². The predicted octanol–water partition coefficient (Wildman–Crippen LogP) is 4.11. The molecule has 0 radical (unpaired) electrons. The molecule has 1 aromatic heterocycles. The minimum atomic E-state index is 0.227. The Morgan fingerprint density at radius 1 is 1.12 bits per heavy atom. The van der Waals surface area contributed by atoms with Gasteiger partial charge in [-0.05, 0) is 44.2 Å². The molecular formula is C19H16BrN3O. The normalized spacial score (nSPS) is 13.5. The molecule has 0 bridgehead atoms. The molecule has 0 amide bonds. The van der Waals surface area contributed by atoms with E-state index in [0.29, 0.717) is 5.71 Å². The van der Waals surface area contributed by atoms with Crippen LogP contribution in [0.15, 0.2) is 53.0 Å². The summed E-state index contributed by atoms with van der Waals surface area (Å²) in [6.07, 6.45) is 0. The number of aromatic nitrogens is 2. The second-order valence-electron chi connectivity index (χ2n) is 5.95. The maximum atomic E-state index is 13.0. The summed E-state index contributed by atoms with van der Waals surface area (Å²) in [5.74, 6) is 0.773. The summed E-state index contributed by atoms with van der Waals surface area (Å²) in [7, 11) is 0. The Bertz CT molecular complexity index is 974. The number of halogens is 1. The standard InChI is InChI=1S/C19H16BrN3O/c1-12-13(2)23-17-9-8-15(20)10-16(17)19(14-6-4-3-5-7-14)22(24)11-18(23)21-12/h3-10H,11H2,1-2H3. The monoisotopic (exact) mass is 381 g/mol. The van der Waals surface area contributed by atoms with E-state index in [0.717, 1.165) is 43.2 Å². The Balaban J connectivity index is 2.08. The average Bonchev–Trinajstić information content (AvgIpc) is 2.77. The molecule has 2 aromatic carbocycles. The van der Waals surface area contributed by atoms with Gasteiger partial charge in [-0.25, -0.2) is 4.98 Å². The van der Waals surface area contributed by atoms with Crippen LogP contribution in [0.25, 0.3) is 5.69 Å². The van der Waals surface area contributed by atoms with Gasteiger partial charge in [-0.1, -0.05) is 34.1 Å². The highest BCUT2D eigenvalue weighted by Crippen LogP contribution is 2.29. The summed E-state index contributed by atoms with van der Waals surface area (Å²) in [4.78, 5) is 4.61. The lowest BCUT2D eigenvalue weighted by molar-refractivity contribution is -0.475. The second-order valence-corrected chi connectivity index (χ2v) is 6.86. The van der Waals surface area contributed by atoms with Gasteiger partial charge in [0.05, 0.1) is 16.9 Å². The van der Waals surface area contributed by atoms with E-state index in [1.165, 1.54) is 0 Å². The Hall–Kier alpha value is -2.40. The van der Waals surface area contributed by atoms with E-state index in [1.54, 1.807) is 0 Å². The van der Waals surface area contributed by atoms with Crippen molar-refractivity contribution in [2.24, 2.45) is 0 Å². The van der Waals surface area contributed by atoms with Crippen LogP contribution in [0.2, 0.25) is 0 Å². The van der Waals surface area contributed by atoms with Gasteiger partial charge in [-0.3, -0.25) is 4.57 Å². The van der Waals surface area contributed by atoms with E-state index in [9.17, 15) is 5.21 Å². The molecule has 0 saturated heterocycles. The fourth-order valence-corrected chi connectivity index (χ4v) is 3.60. The molecule has 3 aromatic rings. The third-order valence-electron chi connectivity index (χ3n) is 4.45. The number of fused-ring (bicyclic) bond motifs is 3. The lowest BCUT2D eigenvalue weighted by atomic mass is 10.0. The van der Waals surface area contributed by atoms with Gasteiger partial charge in [0.15, 0.2) is 5.82 Å². The molecule has 120 valence electrons. The van der Waals surface area contributed by atoms with Crippen LogP contribution in [0.1, 0.15) is 28.3 Å². The van der Waals surface area contributed by atoms with Crippen molar-refractivity contribution < 1.29 is 4.74 Å². The molecule has 2 heterocycles. The first-order valence-corrected chi connectivity index (χ1v) is 8.57. The number of hydroxylamine groups is 1. The van der Waals surface area contributed by atoms with Gasteiger partial charge in [-0.2, -0.15) is 4.74 Å². The minimum absolute atomic E-state index is 0.227. The number of aryl methyl sites for hydroxylation is 1. The first-order chi connectivity index (χ1) is 11.6. The Morgan fingerprint density at radius 3 is 2.62 bits per heavy atom. The second kappa shape index (κ2) is 5.60. The molecule has 4 rings (SSSR count). The number of hydrogen-bond donors (Lipinski definition) is 0. The highest BCUT2D eigenvalue weighted by atomic mass is 79.9. The number of rotatable bonds is 1. The molecule has 5 heteroatoms. The first-order valence-electron chi connectivity index (χ1n) is 7.78. The summed E-state index contributed by atoms with van der Waals surface area (Å²) < 4.78 is 4.09. The van der Waals surface area contributed by atoms with Crippen LogP contribution < -0.4 is 0 Å². The van der Waals surface area contributed by atoms with E-state index in [4.69, 9.17) is 0 Å². The highest BCUT2D eigenvalue weighted by molar-refractivity contribution is 9.10. The quantitative estimate of drug-likeness (QED) is 0.470. The molecule has 4 nitrogen and oxygen atoms in total. The summed E-state index contributed by atoms with van der Waals surface area (Å²) in [6.45, 7) is 4.25. The van der Waals surface area contributed by atoms with Crippen LogP contribution in [-0.2, 0) is 6.54 Å². The highest BCUT2D eigenvalue weighted by Gasteiger charge is 2.28. The average molecular weight is 382 g/mol. The third kappa shape index (κ3) is 2.27. The van der Waals surface area contributed by atoms with Crippen LogP contribution >= 0.6 is 15.9 Å². The molecule has 1 aliphatic heterocycles. The maximum Gasteiger partial charge on any atom is 0.228 e. The molecule has 24 heavy (non-hydrogen) atoms. The van der Waals surface area contributed by atoms with Crippen LogP contribution in [0.5, 0.6) is 0 Å². The summed E-state index contributed by atoms with van der Waals surface area (Å²) in [5, 5.41) is 13.0. The van der Waals surface area contributed by atoms with Gasteiger partial charge in [0.2, 0.25) is 12.3 Å². The van der Waals surface area contributed by atoms with Crippen molar-refractivity contribution in [3.05, 3.63) is 86.6 Å². The van der Waals surface area contributed by atoms with Crippen molar-refractivity contribution in [3.63, 3.8) is 0 Å². The molecule has 0 aliphatic carbocycles. The molecule has 0 atom stereocenters. The van der Waals surface area contributed by atoms with Gasteiger partial charge >= 0.3 is 0 Å². The summed E-state index contributed by atoms with van der Waals surface area (Å²) >= 11 is 3.54. The number of nitrogens with zero attached hydrogens (tertiary/aromatic N) is 3. The van der Waals surface area contributed by atoms with Gasteiger partial charge < -0.3 is 5.21 Å². The molecule has 0 unspecified atom stereocenters. The first kappa shape index (κ1) is 15.1. The largest absolute Gasteiger partial charge is 0.623 e. The van der Waals surface area contributed by atoms with Gasteiger partial charge in [0.25, 0.3) is 0 Å². The molecular weight excluding hydrogens is 366 g/mol. The van der Waals surface area contributed by atoms with E-state index in [2.05, 4.69) is 25.5 Å². The smallest absolute Gasteiger partial charge is 0.228 e. The maximum absolute atomic E-state index is 13.0. The molecule has 1 aliphatic rings. The SMILES string of the molecule is Cc1nc2n(c1C)-c1ccc(Br)cc1C(c1ccccc1)=[N+]([O-])C2. The van der Waals surface area contributed by atoms with Crippen molar-refractivity contribution >= 4 is 21.6 Å². The number of hydrogen-bond acceptors (Lipinski definition) is 2. The van der Waals surface area contributed by atoms with Crippen molar-refractivity contribution in [3.8, 4) is 5.69 Å².